The Morgan fingerprint density at radius 2 is 1.92 bits per heavy atom. The zero-order chi connectivity index (χ0) is 18.5. The van der Waals surface area contributed by atoms with Crippen molar-refractivity contribution >= 4 is 29.6 Å². The number of benzene rings is 2. The molecule has 0 saturated carbocycles. The first kappa shape index (κ1) is 18.1. The minimum atomic E-state index is -0.468. The van der Waals surface area contributed by atoms with Gasteiger partial charge in [-0.05, 0) is 42.8 Å². The van der Waals surface area contributed by atoms with Crippen molar-refractivity contribution in [2.24, 2.45) is 0 Å². The van der Waals surface area contributed by atoms with Gasteiger partial charge in [0.05, 0.1) is 18.6 Å². The molecule has 26 heavy (non-hydrogen) atoms. The molecular formula is C20H18O5S. The minimum Gasteiger partial charge on any atom is -0.490 e. The molecule has 2 aromatic carbocycles. The minimum absolute atomic E-state index is 0.0228. The van der Waals surface area contributed by atoms with E-state index in [1.54, 1.807) is 12.1 Å². The summed E-state index contributed by atoms with van der Waals surface area (Å²) in [6.07, 6.45) is 1.83. The molecule has 0 fully saturated rings. The third-order valence-corrected chi connectivity index (χ3v) is 4.81. The fourth-order valence-corrected chi connectivity index (χ4v) is 3.54. The number of esters is 1. The Hall–Kier alpha value is -2.73. The lowest BCUT2D eigenvalue weighted by atomic mass is 10.1. The van der Waals surface area contributed by atoms with E-state index in [4.69, 9.17) is 9.47 Å². The van der Waals surface area contributed by atoms with Gasteiger partial charge in [-0.3, -0.25) is 4.79 Å². The van der Waals surface area contributed by atoms with Crippen LogP contribution in [0.15, 0.2) is 52.3 Å². The first-order valence-electron chi connectivity index (χ1n) is 8.12. The van der Waals surface area contributed by atoms with Gasteiger partial charge in [-0.15, -0.1) is 0 Å². The highest BCUT2D eigenvalue weighted by Gasteiger charge is 2.25. The molecule has 3 rings (SSSR count). The van der Waals surface area contributed by atoms with Crippen molar-refractivity contribution in [2.75, 3.05) is 20.3 Å². The van der Waals surface area contributed by atoms with Gasteiger partial charge in [0.15, 0.2) is 18.1 Å². The number of carbonyl (C=O) groups is 2. The predicted molar refractivity (Wildman–Crippen MR) is 99.7 cm³/mol. The number of fused-ring (bicyclic) bond motifs is 1. The summed E-state index contributed by atoms with van der Waals surface area (Å²) in [5, 5.41) is 0. The number of carbonyl (C=O) groups excluding carboxylic acids is 2. The van der Waals surface area contributed by atoms with Gasteiger partial charge in [-0.2, -0.15) is 0 Å². The first-order chi connectivity index (χ1) is 12.6. The summed E-state index contributed by atoms with van der Waals surface area (Å²) >= 11 is 1.46. The molecule has 0 spiro atoms. The Morgan fingerprint density at radius 1 is 1.12 bits per heavy atom. The number of Topliss-reactive ketones (excluding diaryl/α,β-unsaturated/α-hetero) is 1. The molecule has 2 aromatic rings. The van der Waals surface area contributed by atoms with E-state index in [0.29, 0.717) is 23.0 Å². The molecule has 6 heteroatoms. The lowest BCUT2D eigenvalue weighted by molar-refractivity contribution is -0.142. The largest absolute Gasteiger partial charge is 0.490 e. The maximum atomic E-state index is 12.5. The van der Waals surface area contributed by atoms with Crippen molar-refractivity contribution in [2.45, 2.75) is 11.8 Å². The van der Waals surface area contributed by atoms with Gasteiger partial charge in [0.1, 0.15) is 0 Å². The fourth-order valence-electron chi connectivity index (χ4n) is 2.48. The molecule has 0 saturated heterocycles. The van der Waals surface area contributed by atoms with Gasteiger partial charge < -0.3 is 14.2 Å². The summed E-state index contributed by atoms with van der Waals surface area (Å²) in [7, 11) is 1.30. The maximum absolute atomic E-state index is 12.5. The number of methoxy groups -OCH3 is 1. The third-order valence-electron chi connectivity index (χ3n) is 3.71. The smallest absolute Gasteiger partial charge is 0.343 e. The van der Waals surface area contributed by atoms with Gasteiger partial charge in [0, 0.05) is 10.5 Å². The van der Waals surface area contributed by atoms with Crippen LogP contribution < -0.4 is 9.47 Å². The Labute approximate surface area is 155 Å². The summed E-state index contributed by atoms with van der Waals surface area (Å²) in [5.74, 6) is 0.519. The van der Waals surface area contributed by atoms with Gasteiger partial charge in [-0.25, -0.2) is 4.79 Å². The van der Waals surface area contributed by atoms with Crippen molar-refractivity contribution in [1.29, 1.82) is 0 Å². The maximum Gasteiger partial charge on any atom is 0.343 e. The SMILES string of the molecule is CCOc1cc(/C=C2\Sc3ccccc3C2=O)ccc1OCC(=O)OC. The highest BCUT2D eigenvalue weighted by molar-refractivity contribution is 8.04. The molecule has 1 aliphatic heterocycles. The van der Waals surface area contributed by atoms with Gasteiger partial charge in [0.25, 0.3) is 0 Å². The van der Waals surface area contributed by atoms with Crippen molar-refractivity contribution in [1.82, 2.24) is 0 Å². The van der Waals surface area contributed by atoms with Crippen LogP contribution in [0.1, 0.15) is 22.8 Å². The second kappa shape index (κ2) is 8.10. The summed E-state index contributed by atoms with van der Waals surface area (Å²) in [6.45, 7) is 2.12. The topological polar surface area (TPSA) is 61.8 Å². The van der Waals surface area contributed by atoms with E-state index in [9.17, 15) is 9.59 Å². The van der Waals surface area contributed by atoms with Crippen LogP contribution in [0.5, 0.6) is 11.5 Å². The first-order valence-corrected chi connectivity index (χ1v) is 8.93. The summed E-state index contributed by atoms with van der Waals surface area (Å²) in [5.41, 5.74) is 1.55. The van der Waals surface area contributed by atoms with E-state index < -0.39 is 5.97 Å². The molecule has 1 aliphatic rings. The normalized spacial score (nSPS) is 14.2. The monoisotopic (exact) mass is 370 g/mol. The molecule has 0 unspecified atom stereocenters. The molecular weight excluding hydrogens is 352 g/mol. The molecule has 0 N–H and O–H groups in total. The van der Waals surface area contributed by atoms with Crippen LogP contribution in [0.3, 0.4) is 0 Å². The quantitative estimate of drug-likeness (QED) is 0.566. The Kier molecular flexibility index (Phi) is 5.63. The number of ether oxygens (including phenoxy) is 3. The van der Waals surface area contributed by atoms with E-state index in [1.807, 2.05) is 43.3 Å². The molecule has 134 valence electrons. The molecule has 0 aromatic heterocycles. The van der Waals surface area contributed by atoms with Crippen LogP contribution in [-0.2, 0) is 9.53 Å². The molecule has 1 heterocycles. The standard InChI is InChI=1S/C20H18O5S/c1-3-24-16-10-13(8-9-15(16)25-12-19(21)23-2)11-18-20(22)14-6-4-5-7-17(14)26-18/h4-11H,3,12H2,1-2H3/b18-11-. The lowest BCUT2D eigenvalue weighted by Crippen LogP contribution is -2.13. The zero-order valence-corrected chi connectivity index (χ0v) is 15.3. The fraction of sp³-hybridized carbons (Fsp3) is 0.200. The van der Waals surface area contributed by atoms with Crippen LogP contribution in [-0.4, -0.2) is 32.1 Å². The number of hydrogen-bond donors (Lipinski definition) is 0. The van der Waals surface area contributed by atoms with Crippen molar-refractivity contribution in [3.05, 3.63) is 58.5 Å². The Balaban J connectivity index is 1.84. The number of ketones is 1. The highest BCUT2D eigenvalue weighted by Crippen LogP contribution is 2.41. The third kappa shape index (κ3) is 3.91. The average molecular weight is 370 g/mol. The predicted octanol–water partition coefficient (Wildman–Crippen LogP) is 3.97. The molecule has 0 atom stereocenters. The van der Waals surface area contributed by atoms with Crippen molar-refractivity contribution in [3.8, 4) is 11.5 Å². The molecule has 0 amide bonds. The van der Waals surface area contributed by atoms with E-state index in [2.05, 4.69) is 4.74 Å². The second-order valence-electron chi connectivity index (χ2n) is 5.44. The number of allylic oxidation sites excluding steroid dienone is 1. The van der Waals surface area contributed by atoms with Crippen LogP contribution in [0.4, 0.5) is 0 Å². The summed E-state index contributed by atoms with van der Waals surface area (Å²) in [4.78, 5) is 25.4. The van der Waals surface area contributed by atoms with Gasteiger partial charge in [-0.1, -0.05) is 30.0 Å². The average Bonchev–Trinajstić information content (AvgIpc) is 2.97. The molecule has 0 aliphatic carbocycles. The van der Waals surface area contributed by atoms with Crippen molar-refractivity contribution < 1.29 is 23.8 Å². The van der Waals surface area contributed by atoms with Crippen LogP contribution in [0, 0.1) is 0 Å². The summed E-state index contributed by atoms with van der Waals surface area (Å²) < 4.78 is 15.6. The lowest BCUT2D eigenvalue weighted by Gasteiger charge is -2.12. The van der Waals surface area contributed by atoms with E-state index >= 15 is 0 Å². The number of rotatable bonds is 6. The number of thioether (sulfide) groups is 1. The van der Waals surface area contributed by atoms with E-state index in [-0.39, 0.29) is 12.4 Å². The van der Waals surface area contributed by atoms with Gasteiger partial charge >= 0.3 is 5.97 Å². The van der Waals surface area contributed by atoms with Crippen molar-refractivity contribution in [3.63, 3.8) is 0 Å². The second-order valence-corrected chi connectivity index (χ2v) is 6.52. The van der Waals surface area contributed by atoms with Gasteiger partial charge in [0.2, 0.25) is 5.78 Å². The van der Waals surface area contributed by atoms with Crippen LogP contribution >= 0.6 is 11.8 Å². The van der Waals surface area contributed by atoms with E-state index in [1.165, 1.54) is 18.9 Å². The molecule has 0 radical (unpaired) electrons. The Morgan fingerprint density at radius 3 is 2.65 bits per heavy atom. The zero-order valence-electron chi connectivity index (χ0n) is 14.5. The molecule has 0 bridgehead atoms. The summed E-state index contributed by atoms with van der Waals surface area (Å²) in [6, 6.07) is 12.9. The van der Waals surface area contributed by atoms with Crippen LogP contribution in [0.25, 0.3) is 6.08 Å². The Bertz CT molecular complexity index is 872. The highest BCUT2D eigenvalue weighted by atomic mass is 32.2. The van der Waals surface area contributed by atoms with Crippen LogP contribution in [0.2, 0.25) is 0 Å². The van der Waals surface area contributed by atoms with E-state index in [0.717, 1.165) is 16.0 Å². The molecule has 5 nitrogen and oxygen atoms in total. The number of hydrogen-bond acceptors (Lipinski definition) is 6.